The Hall–Kier alpha value is -1.83. The Labute approximate surface area is 166 Å². The molecule has 2 fully saturated rings. The number of hydrogen-bond acceptors (Lipinski definition) is 6. The molecular weight excluding hydrogens is 360 g/mol. The van der Waals surface area contributed by atoms with E-state index in [9.17, 15) is 9.90 Å². The first-order valence-corrected chi connectivity index (χ1v) is 10.2. The zero-order valence-corrected chi connectivity index (χ0v) is 16.7. The van der Waals surface area contributed by atoms with Gasteiger partial charge >= 0.3 is 0 Å². The van der Waals surface area contributed by atoms with Crippen LogP contribution in [0.5, 0.6) is 11.5 Å². The second kappa shape index (κ2) is 7.89. The third kappa shape index (κ3) is 3.58. The van der Waals surface area contributed by atoms with Gasteiger partial charge in [-0.25, -0.2) is 0 Å². The Balaban J connectivity index is 1.33. The number of aliphatic hydroxyl groups excluding tert-OH is 1. The van der Waals surface area contributed by atoms with E-state index in [0.29, 0.717) is 18.9 Å². The van der Waals surface area contributed by atoms with Crippen molar-refractivity contribution in [2.45, 2.75) is 50.0 Å². The largest absolute Gasteiger partial charge is 0.486 e. The van der Waals surface area contributed by atoms with E-state index in [1.165, 1.54) is 0 Å². The quantitative estimate of drug-likeness (QED) is 0.835. The number of piperidine rings is 1. The molecule has 3 aliphatic rings. The van der Waals surface area contributed by atoms with Crippen molar-refractivity contribution in [3.05, 3.63) is 24.3 Å². The fraction of sp³-hybridized carbons (Fsp3) is 0.667. The summed E-state index contributed by atoms with van der Waals surface area (Å²) in [5, 5.41) is 10.7. The average molecular weight is 390 g/mol. The molecule has 3 atom stereocenters. The minimum absolute atomic E-state index is 0.0602. The molecule has 1 spiro atoms. The maximum atomic E-state index is 12.0. The molecule has 1 N–H and O–H groups in total. The number of ether oxygens (including phenoxy) is 3. The number of morpholine rings is 1. The summed E-state index contributed by atoms with van der Waals surface area (Å²) < 4.78 is 17.7. The smallest absolute Gasteiger partial charge is 0.248 e. The first-order valence-electron chi connectivity index (χ1n) is 10.2. The van der Waals surface area contributed by atoms with Gasteiger partial charge in [-0.15, -0.1) is 0 Å². The summed E-state index contributed by atoms with van der Waals surface area (Å²) >= 11 is 0. The number of carbonyl (C=O) groups is 1. The number of para-hydroxylation sites is 2. The Kier molecular flexibility index (Phi) is 5.49. The summed E-state index contributed by atoms with van der Waals surface area (Å²) in [5.41, 5.74) is -0.262. The van der Waals surface area contributed by atoms with E-state index in [1.54, 1.807) is 0 Å². The van der Waals surface area contributed by atoms with Crippen molar-refractivity contribution in [3.63, 3.8) is 0 Å². The minimum atomic E-state index is -0.624. The molecule has 0 bridgehead atoms. The highest BCUT2D eigenvalue weighted by Gasteiger charge is 2.48. The average Bonchev–Trinajstić information content (AvgIpc) is 2.73. The third-order valence-electron chi connectivity index (χ3n) is 6.45. The van der Waals surface area contributed by atoms with Crippen molar-refractivity contribution < 1.29 is 24.1 Å². The number of likely N-dealkylation sites (N-methyl/N-ethyl adjacent to an activating group) is 1. The number of benzene rings is 1. The highest BCUT2D eigenvalue weighted by Crippen LogP contribution is 2.37. The fourth-order valence-electron chi connectivity index (χ4n) is 4.78. The van der Waals surface area contributed by atoms with Crippen molar-refractivity contribution in [1.29, 1.82) is 0 Å². The van der Waals surface area contributed by atoms with E-state index in [0.717, 1.165) is 38.1 Å². The molecule has 4 rings (SSSR count). The van der Waals surface area contributed by atoms with Gasteiger partial charge in [0.25, 0.3) is 0 Å². The van der Waals surface area contributed by atoms with Crippen LogP contribution >= 0.6 is 0 Å². The van der Waals surface area contributed by atoms with Crippen LogP contribution in [0.4, 0.5) is 0 Å². The molecule has 154 valence electrons. The van der Waals surface area contributed by atoms with Gasteiger partial charge in [-0.05, 0) is 31.4 Å². The van der Waals surface area contributed by atoms with Crippen molar-refractivity contribution in [2.75, 3.05) is 39.9 Å². The number of fused-ring (bicyclic) bond motifs is 1. The van der Waals surface area contributed by atoms with Crippen molar-refractivity contribution in [1.82, 2.24) is 9.80 Å². The highest BCUT2D eigenvalue weighted by molar-refractivity contribution is 5.78. The van der Waals surface area contributed by atoms with Crippen LogP contribution in [0, 0.1) is 0 Å². The predicted octanol–water partition coefficient (Wildman–Crippen LogP) is 1.29. The van der Waals surface area contributed by atoms with Gasteiger partial charge in [0.1, 0.15) is 19.3 Å². The molecule has 1 aromatic rings. The van der Waals surface area contributed by atoms with Crippen LogP contribution in [0.15, 0.2) is 24.3 Å². The molecule has 0 aromatic heterocycles. The van der Waals surface area contributed by atoms with E-state index >= 15 is 0 Å². The first-order chi connectivity index (χ1) is 13.5. The zero-order chi connectivity index (χ0) is 19.7. The second-order valence-electron chi connectivity index (χ2n) is 8.06. The number of aliphatic hydroxyl groups is 1. The lowest BCUT2D eigenvalue weighted by Crippen LogP contribution is -2.64. The molecule has 2 saturated heterocycles. The van der Waals surface area contributed by atoms with E-state index in [1.807, 2.05) is 36.2 Å². The van der Waals surface area contributed by atoms with Crippen LogP contribution in [-0.2, 0) is 9.53 Å². The summed E-state index contributed by atoms with van der Waals surface area (Å²) in [4.78, 5) is 16.1. The van der Waals surface area contributed by atoms with Crippen LogP contribution in [0.1, 0.15) is 26.2 Å². The molecule has 28 heavy (non-hydrogen) atoms. The summed E-state index contributed by atoms with van der Waals surface area (Å²) in [5.74, 6) is 1.47. The molecular formula is C21H30N2O5. The Bertz CT molecular complexity index is 704. The Morgan fingerprint density at radius 3 is 2.68 bits per heavy atom. The summed E-state index contributed by atoms with van der Waals surface area (Å²) in [7, 11) is 1.88. The van der Waals surface area contributed by atoms with Gasteiger partial charge in [-0.2, -0.15) is 0 Å². The summed E-state index contributed by atoms with van der Waals surface area (Å²) in [6.07, 6.45) is 1.61. The van der Waals surface area contributed by atoms with Gasteiger partial charge in [-0.1, -0.05) is 19.1 Å². The van der Waals surface area contributed by atoms with Crippen molar-refractivity contribution in [3.8, 4) is 11.5 Å². The van der Waals surface area contributed by atoms with Gasteiger partial charge in [0.2, 0.25) is 5.91 Å². The Morgan fingerprint density at radius 1 is 1.25 bits per heavy atom. The normalized spacial score (nSPS) is 28.4. The molecule has 0 radical (unpaired) electrons. The minimum Gasteiger partial charge on any atom is -0.486 e. The monoisotopic (exact) mass is 390 g/mol. The molecule has 0 aliphatic carbocycles. The SMILES string of the molecule is CCC1N(C)C(=O)COC12CCN(CC(O)C1COc3ccccc3O1)CC2. The second-order valence-corrected chi connectivity index (χ2v) is 8.06. The third-order valence-corrected chi connectivity index (χ3v) is 6.45. The lowest BCUT2D eigenvalue weighted by Gasteiger charge is -2.52. The van der Waals surface area contributed by atoms with E-state index in [2.05, 4.69) is 11.8 Å². The van der Waals surface area contributed by atoms with Crippen LogP contribution in [0.2, 0.25) is 0 Å². The van der Waals surface area contributed by atoms with Gasteiger partial charge < -0.3 is 29.1 Å². The molecule has 1 aromatic carbocycles. The van der Waals surface area contributed by atoms with Gasteiger partial charge in [-0.3, -0.25) is 4.79 Å². The van der Waals surface area contributed by atoms with Crippen LogP contribution in [0.25, 0.3) is 0 Å². The number of likely N-dealkylation sites (tertiary alicyclic amines) is 1. The van der Waals surface area contributed by atoms with E-state index < -0.39 is 6.10 Å². The van der Waals surface area contributed by atoms with Crippen molar-refractivity contribution >= 4 is 5.91 Å². The van der Waals surface area contributed by atoms with Crippen LogP contribution < -0.4 is 9.47 Å². The number of nitrogens with zero attached hydrogens (tertiary/aromatic N) is 2. The lowest BCUT2D eigenvalue weighted by molar-refractivity contribution is -0.187. The molecule has 3 unspecified atom stereocenters. The number of rotatable bonds is 4. The van der Waals surface area contributed by atoms with Gasteiger partial charge in [0, 0.05) is 26.7 Å². The zero-order valence-electron chi connectivity index (χ0n) is 16.7. The summed E-state index contributed by atoms with van der Waals surface area (Å²) in [6.45, 7) is 4.84. The standard InChI is InChI=1S/C21H30N2O5/c1-3-19-21(27-14-20(25)22(19)2)8-10-23(11-9-21)12-15(24)18-13-26-16-6-4-5-7-17(16)28-18/h4-7,15,18-19,24H,3,8-14H2,1-2H3. The van der Waals surface area contributed by atoms with Crippen LogP contribution in [0.3, 0.4) is 0 Å². The number of carbonyl (C=O) groups excluding carboxylic acids is 1. The predicted molar refractivity (Wildman–Crippen MR) is 104 cm³/mol. The highest BCUT2D eigenvalue weighted by atomic mass is 16.6. The van der Waals surface area contributed by atoms with E-state index in [-0.39, 0.29) is 30.3 Å². The molecule has 1 amide bonds. The molecule has 7 heteroatoms. The first kappa shape index (κ1) is 19.5. The van der Waals surface area contributed by atoms with Crippen molar-refractivity contribution in [2.24, 2.45) is 0 Å². The maximum Gasteiger partial charge on any atom is 0.248 e. The molecule has 7 nitrogen and oxygen atoms in total. The molecule has 0 saturated carbocycles. The molecule has 3 heterocycles. The Morgan fingerprint density at radius 2 is 1.96 bits per heavy atom. The topological polar surface area (TPSA) is 71.5 Å². The number of hydrogen-bond donors (Lipinski definition) is 1. The number of β-amino-alcohol motifs (C(OH)–C–C–N with tert-alkyl or cyclic N) is 1. The van der Waals surface area contributed by atoms with E-state index in [4.69, 9.17) is 14.2 Å². The lowest BCUT2D eigenvalue weighted by atomic mass is 9.80. The summed E-state index contributed by atoms with van der Waals surface area (Å²) in [6, 6.07) is 7.66. The van der Waals surface area contributed by atoms with Gasteiger partial charge in [0.15, 0.2) is 17.6 Å². The van der Waals surface area contributed by atoms with Crippen LogP contribution in [-0.4, -0.2) is 84.6 Å². The maximum absolute atomic E-state index is 12.0. The number of amides is 1. The van der Waals surface area contributed by atoms with Gasteiger partial charge in [0.05, 0.1) is 11.6 Å². The molecule has 3 aliphatic heterocycles. The fourth-order valence-corrected chi connectivity index (χ4v) is 4.78.